The predicted molar refractivity (Wildman–Crippen MR) is 73.1 cm³/mol. The number of nitrogens with one attached hydrogen (secondary N) is 1. The smallest absolute Gasteiger partial charge is 0.268 e. The van der Waals surface area contributed by atoms with Gasteiger partial charge in [0.15, 0.2) is 0 Å². The average Bonchev–Trinajstić information content (AvgIpc) is 2.51. The lowest BCUT2D eigenvalue weighted by atomic mass is 10.1. The first kappa shape index (κ1) is 12.8. The molecule has 0 bridgehead atoms. The highest BCUT2D eigenvalue weighted by atomic mass is 127. The van der Waals surface area contributed by atoms with Gasteiger partial charge >= 0.3 is 0 Å². The summed E-state index contributed by atoms with van der Waals surface area (Å²) in [7, 11) is 0. The third-order valence-electron chi connectivity index (χ3n) is 3.03. The van der Waals surface area contributed by atoms with E-state index < -0.39 is 0 Å². The minimum Gasteiger partial charge on any atom is -0.472 e. The summed E-state index contributed by atoms with van der Waals surface area (Å²) in [5, 5.41) is 0. The van der Waals surface area contributed by atoms with E-state index in [0.29, 0.717) is 9.45 Å². The molecule has 3 N–H and O–H groups in total. The Morgan fingerprint density at radius 3 is 3.00 bits per heavy atom. The molecule has 1 aliphatic rings. The maximum Gasteiger partial charge on any atom is 0.268 e. The SMILES string of the molecule is NC1CCCCCC1Oc1nc[nH]c(=O)c1I. The van der Waals surface area contributed by atoms with Gasteiger partial charge in [-0.3, -0.25) is 4.79 Å². The number of nitrogens with zero attached hydrogens (tertiary/aromatic N) is 1. The van der Waals surface area contributed by atoms with E-state index in [0.717, 1.165) is 25.7 Å². The van der Waals surface area contributed by atoms with Gasteiger partial charge in [0.25, 0.3) is 5.56 Å². The number of aromatic amines is 1. The van der Waals surface area contributed by atoms with Crippen molar-refractivity contribution in [3.05, 3.63) is 20.3 Å². The van der Waals surface area contributed by atoms with Gasteiger partial charge in [0.1, 0.15) is 9.67 Å². The zero-order valence-electron chi connectivity index (χ0n) is 9.49. The van der Waals surface area contributed by atoms with Crippen LogP contribution >= 0.6 is 22.6 Å². The summed E-state index contributed by atoms with van der Waals surface area (Å²) in [6.45, 7) is 0. The number of halogens is 1. The normalized spacial score (nSPS) is 25.3. The molecule has 0 spiro atoms. The van der Waals surface area contributed by atoms with Crippen molar-refractivity contribution < 1.29 is 4.74 Å². The first-order valence-electron chi connectivity index (χ1n) is 5.84. The second-order valence-electron chi connectivity index (χ2n) is 4.31. The molecule has 94 valence electrons. The third kappa shape index (κ3) is 3.19. The summed E-state index contributed by atoms with van der Waals surface area (Å²) in [5.74, 6) is 0.400. The highest BCUT2D eigenvalue weighted by molar-refractivity contribution is 14.1. The van der Waals surface area contributed by atoms with E-state index in [1.54, 1.807) is 0 Å². The van der Waals surface area contributed by atoms with Gasteiger partial charge in [-0.15, -0.1) is 0 Å². The van der Waals surface area contributed by atoms with Crippen molar-refractivity contribution in [1.82, 2.24) is 9.97 Å². The molecular formula is C11H16IN3O2. The molecule has 0 amide bonds. The molecule has 1 aliphatic carbocycles. The van der Waals surface area contributed by atoms with Crippen molar-refractivity contribution in [1.29, 1.82) is 0 Å². The van der Waals surface area contributed by atoms with Crippen molar-refractivity contribution in [3.63, 3.8) is 0 Å². The Hall–Kier alpha value is -0.630. The number of rotatable bonds is 2. The Bertz CT molecular complexity index is 435. The van der Waals surface area contributed by atoms with Crippen LogP contribution in [-0.2, 0) is 0 Å². The van der Waals surface area contributed by atoms with Crippen LogP contribution in [0.2, 0.25) is 0 Å². The Morgan fingerprint density at radius 1 is 1.41 bits per heavy atom. The van der Waals surface area contributed by atoms with E-state index in [1.165, 1.54) is 12.7 Å². The standard InChI is InChI=1S/C11H16IN3O2/c12-9-10(16)14-6-15-11(9)17-8-5-3-1-2-4-7(8)13/h6-8H,1-5,13H2,(H,14,15,16). The van der Waals surface area contributed by atoms with E-state index in [-0.39, 0.29) is 17.7 Å². The molecular weight excluding hydrogens is 333 g/mol. The Kier molecular flexibility index (Phi) is 4.38. The van der Waals surface area contributed by atoms with Crippen LogP contribution < -0.4 is 16.0 Å². The van der Waals surface area contributed by atoms with Crippen LogP contribution in [0, 0.1) is 3.57 Å². The maximum absolute atomic E-state index is 11.4. The molecule has 2 unspecified atom stereocenters. The van der Waals surface area contributed by atoms with E-state index in [9.17, 15) is 4.79 Å². The predicted octanol–water partition coefficient (Wildman–Crippen LogP) is 1.41. The van der Waals surface area contributed by atoms with Gasteiger partial charge in [-0.05, 0) is 41.9 Å². The summed E-state index contributed by atoms with van der Waals surface area (Å²) in [6, 6.07) is 0.0365. The molecule has 0 radical (unpaired) electrons. The molecule has 5 nitrogen and oxygen atoms in total. The van der Waals surface area contributed by atoms with Gasteiger partial charge in [-0.2, -0.15) is 0 Å². The molecule has 17 heavy (non-hydrogen) atoms. The molecule has 6 heteroatoms. The van der Waals surface area contributed by atoms with Gasteiger partial charge in [-0.1, -0.05) is 12.8 Å². The molecule has 2 atom stereocenters. The minimum absolute atomic E-state index is 0.0275. The number of aromatic nitrogens is 2. The topological polar surface area (TPSA) is 81.0 Å². The molecule has 1 saturated carbocycles. The lowest BCUT2D eigenvalue weighted by Crippen LogP contribution is -2.38. The quantitative estimate of drug-likeness (QED) is 0.625. The Labute approximate surface area is 113 Å². The maximum atomic E-state index is 11.4. The molecule has 0 saturated heterocycles. The van der Waals surface area contributed by atoms with E-state index in [2.05, 4.69) is 9.97 Å². The minimum atomic E-state index is -0.169. The van der Waals surface area contributed by atoms with Gasteiger partial charge in [0, 0.05) is 6.04 Å². The van der Waals surface area contributed by atoms with Crippen molar-refractivity contribution in [2.24, 2.45) is 5.73 Å². The number of hydrogen-bond donors (Lipinski definition) is 2. The largest absolute Gasteiger partial charge is 0.472 e. The molecule has 0 aliphatic heterocycles. The zero-order chi connectivity index (χ0) is 12.3. The highest BCUT2D eigenvalue weighted by Crippen LogP contribution is 2.22. The van der Waals surface area contributed by atoms with Gasteiger partial charge < -0.3 is 15.5 Å². The fourth-order valence-corrected chi connectivity index (χ4v) is 2.46. The van der Waals surface area contributed by atoms with Crippen LogP contribution in [0.5, 0.6) is 5.88 Å². The van der Waals surface area contributed by atoms with Gasteiger partial charge in [0.2, 0.25) is 5.88 Å². The third-order valence-corrected chi connectivity index (χ3v) is 3.98. The number of hydrogen-bond acceptors (Lipinski definition) is 4. The van der Waals surface area contributed by atoms with Crippen molar-refractivity contribution in [2.75, 3.05) is 0 Å². The van der Waals surface area contributed by atoms with Crippen LogP contribution in [0.4, 0.5) is 0 Å². The van der Waals surface area contributed by atoms with Crippen LogP contribution in [0.25, 0.3) is 0 Å². The second-order valence-corrected chi connectivity index (χ2v) is 5.39. The lowest BCUT2D eigenvalue weighted by molar-refractivity contribution is 0.154. The number of ether oxygens (including phenoxy) is 1. The van der Waals surface area contributed by atoms with Crippen LogP contribution in [0.1, 0.15) is 32.1 Å². The van der Waals surface area contributed by atoms with E-state index in [4.69, 9.17) is 10.5 Å². The lowest BCUT2D eigenvalue weighted by Gasteiger charge is -2.22. The zero-order valence-corrected chi connectivity index (χ0v) is 11.6. The van der Waals surface area contributed by atoms with E-state index >= 15 is 0 Å². The molecule has 0 aromatic carbocycles. The second kappa shape index (κ2) is 5.81. The summed E-state index contributed by atoms with van der Waals surface area (Å²) in [5.41, 5.74) is 5.91. The van der Waals surface area contributed by atoms with Crippen molar-refractivity contribution >= 4 is 22.6 Å². The molecule has 2 rings (SSSR count). The summed E-state index contributed by atoms with van der Waals surface area (Å²) >= 11 is 1.95. The molecule has 1 fully saturated rings. The summed E-state index contributed by atoms with van der Waals surface area (Å²) in [4.78, 5) is 18.0. The van der Waals surface area contributed by atoms with E-state index in [1.807, 2.05) is 22.6 Å². The van der Waals surface area contributed by atoms with Crippen molar-refractivity contribution in [2.45, 2.75) is 44.2 Å². The van der Waals surface area contributed by atoms with Crippen LogP contribution in [0.15, 0.2) is 11.1 Å². The number of nitrogens with two attached hydrogens (primary N) is 1. The fraction of sp³-hybridized carbons (Fsp3) is 0.636. The first-order chi connectivity index (χ1) is 8.18. The highest BCUT2D eigenvalue weighted by Gasteiger charge is 2.23. The monoisotopic (exact) mass is 349 g/mol. The van der Waals surface area contributed by atoms with Gasteiger partial charge in [-0.25, -0.2) is 4.98 Å². The average molecular weight is 349 g/mol. The molecule has 1 aromatic heterocycles. The molecule has 1 heterocycles. The Balaban J connectivity index is 2.13. The fourth-order valence-electron chi connectivity index (χ4n) is 2.04. The number of H-pyrrole nitrogens is 1. The Morgan fingerprint density at radius 2 is 2.18 bits per heavy atom. The molecule has 1 aromatic rings. The van der Waals surface area contributed by atoms with Crippen LogP contribution in [0.3, 0.4) is 0 Å². The van der Waals surface area contributed by atoms with Crippen LogP contribution in [-0.4, -0.2) is 22.1 Å². The first-order valence-corrected chi connectivity index (χ1v) is 6.92. The summed E-state index contributed by atoms with van der Waals surface area (Å²) < 4.78 is 6.28. The summed E-state index contributed by atoms with van der Waals surface area (Å²) in [6.07, 6.45) is 6.73. The van der Waals surface area contributed by atoms with Crippen molar-refractivity contribution in [3.8, 4) is 5.88 Å². The van der Waals surface area contributed by atoms with Gasteiger partial charge in [0.05, 0.1) is 6.33 Å².